The fourth-order valence-electron chi connectivity index (χ4n) is 3.44. The number of anilines is 1. The van der Waals surface area contributed by atoms with Crippen molar-refractivity contribution in [2.45, 2.75) is 26.7 Å². The maximum atomic E-state index is 12.6. The van der Waals surface area contributed by atoms with E-state index in [2.05, 4.69) is 21.5 Å². The molecular formula is C22H22N4O. The Balaban J connectivity index is 1.50. The van der Waals surface area contributed by atoms with Crippen molar-refractivity contribution in [3.63, 3.8) is 0 Å². The second kappa shape index (κ2) is 7.11. The van der Waals surface area contributed by atoms with Crippen LogP contribution in [0.25, 0.3) is 16.6 Å². The van der Waals surface area contributed by atoms with E-state index < -0.39 is 0 Å². The van der Waals surface area contributed by atoms with Crippen molar-refractivity contribution in [3.05, 3.63) is 77.7 Å². The molecule has 4 rings (SSSR count). The predicted molar refractivity (Wildman–Crippen MR) is 108 cm³/mol. The van der Waals surface area contributed by atoms with Crippen molar-refractivity contribution in [1.82, 2.24) is 14.8 Å². The average Bonchev–Trinajstić information content (AvgIpc) is 3.23. The van der Waals surface area contributed by atoms with Crippen molar-refractivity contribution in [3.8, 4) is 5.69 Å². The minimum atomic E-state index is -0.00531. The predicted octanol–water partition coefficient (Wildman–Crippen LogP) is 4.54. The van der Waals surface area contributed by atoms with Crippen molar-refractivity contribution in [2.75, 3.05) is 5.32 Å². The number of carbonyl (C=O) groups excluding carboxylic acids is 1. The lowest BCUT2D eigenvalue weighted by atomic mass is 10.1. The number of nitrogens with zero attached hydrogens (tertiary/aromatic N) is 2. The third kappa shape index (κ3) is 3.49. The van der Waals surface area contributed by atoms with Gasteiger partial charge in [-0.15, -0.1) is 0 Å². The number of hydrogen-bond donors (Lipinski definition) is 2. The maximum Gasteiger partial charge on any atom is 0.224 e. The molecule has 0 saturated carbocycles. The molecule has 0 atom stereocenters. The molecule has 27 heavy (non-hydrogen) atoms. The van der Waals surface area contributed by atoms with E-state index >= 15 is 0 Å². The molecular weight excluding hydrogens is 336 g/mol. The molecule has 0 unspecified atom stereocenters. The zero-order valence-corrected chi connectivity index (χ0v) is 15.5. The van der Waals surface area contributed by atoms with Gasteiger partial charge < -0.3 is 10.3 Å². The van der Waals surface area contributed by atoms with Crippen LogP contribution in [-0.4, -0.2) is 20.7 Å². The highest BCUT2D eigenvalue weighted by Crippen LogP contribution is 2.23. The Kier molecular flexibility index (Phi) is 4.50. The first-order valence-electron chi connectivity index (χ1n) is 9.09. The molecule has 0 spiro atoms. The third-order valence-corrected chi connectivity index (χ3v) is 4.71. The van der Waals surface area contributed by atoms with Gasteiger partial charge in [-0.1, -0.05) is 30.3 Å². The third-order valence-electron chi connectivity index (χ3n) is 4.71. The summed E-state index contributed by atoms with van der Waals surface area (Å²) < 4.78 is 1.87. The van der Waals surface area contributed by atoms with Crippen LogP contribution in [-0.2, 0) is 11.2 Å². The first kappa shape index (κ1) is 17.1. The zero-order chi connectivity index (χ0) is 18.8. The van der Waals surface area contributed by atoms with Crippen molar-refractivity contribution >= 4 is 22.5 Å². The molecule has 0 fully saturated rings. The van der Waals surface area contributed by atoms with Crippen LogP contribution in [0.2, 0.25) is 0 Å². The lowest BCUT2D eigenvalue weighted by Gasteiger charge is -2.12. The van der Waals surface area contributed by atoms with Crippen LogP contribution >= 0.6 is 0 Å². The van der Waals surface area contributed by atoms with Gasteiger partial charge in [0.15, 0.2) is 0 Å². The number of nitrogens with one attached hydrogen (secondary N) is 2. The molecule has 0 bridgehead atoms. The number of para-hydroxylation sites is 3. The molecule has 0 aliphatic carbocycles. The standard InChI is InChI=1S/C22H22N4O/c1-15-13-16(2)26(25-15)21-10-6-5-9-20(21)24-22(27)12-11-17-14-23-19-8-4-3-7-18(17)19/h3-10,13-14,23H,11-12H2,1-2H3,(H,24,27). The Morgan fingerprint density at radius 3 is 2.70 bits per heavy atom. The molecule has 2 aromatic carbocycles. The van der Waals surface area contributed by atoms with E-state index in [1.54, 1.807) is 0 Å². The number of aromatic nitrogens is 3. The number of aryl methyl sites for hydroxylation is 3. The van der Waals surface area contributed by atoms with Gasteiger partial charge in [0.25, 0.3) is 0 Å². The Labute approximate surface area is 158 Å². The molecule has 5 heteroatoms. The quantitative estimate of drug-likeness (QED) is 0.550. The van der Waals surface area contributed by atoms with E-state index in [1.165, 1.54) is 5.39 Å². The van der Waals surface area contributed by atoms with E-state index in [9.17, 15) is 4.79 Å². The lowest BCUT2D eigenvalue weighted by Crippen LogP contribution is -2.14. The fourth-order valence-corrected chi connectivity index (χ4v) is 3.44. The number of benzene rings is 2. The molecule has 4 aromatic rings. The SMILES string of the molecule is Cc1cc(C)n(-c2ccccc2NC(=O)CCc2c[nH]c3ccccc23)n1. The summed E-state index contributed by atoms with van der Waals surface area (Å²) in [7, 11) is 0. The largest absolute Gasteiger partial charge is 0.361 e. The number of aromatic amines is 1. The molecule has 0 aliphatic rings. The number of amides is 1. The van der Waals surface area contributed by atoms with Gasteiger partial charge in [-0.05, 0) is 50.1 Å². The summed E-state index contributed by atoms with van der Waals surface area (Å²) in [6.45, 7) is 3.97. The van der Waals surface area contributed by atoms with Gasteiger partial charge in [0, 0.05) is 29.2 Å². The summed E-state index contributed by atoms with van der Waals surface area (Å²) in [5.74, 6) is -0.00531. The summed E-state index contributed by atoms with van der Waals surface area (Å²) in [6, 6.07) is 17.9. The van der Waals surface area contributed by atoms with Crippen molar-refractivity contribution in [1.29, 1.82) is 0 Å². The first-order chi connectivity index (χ1) is 13.1. The maximum absolute atomic E-state index is 12.6. The topological polar surface area (TPSA) is 62.7 Å². The van der Waals surface area contributed by atoms with Crippen LogP contribution in [0.4, 0.5) is 5.69 Å². The smallest absolute Gasteiger partial charge is 0.224 e. The normalized spacial score (nSPS) is 11.0. The van der Waals surface area contributed by atoms with E-state index in [0.717, 1.165) is 33.8 Å². The molecule has 0 saturated heterocycles. The molecule has 2 heterocycles. The Hall–Kier alpha value is -3.34. The highest BCUT2D eigenvalue weighted by atomic mass is 16.1. The Bertz CT molecular complexity index is 1110. The van der Waals surface area contributed by atoms with E-state index in [1.807, 2.05) is 73.3 Å². The van der Waals surface area contributed by atoms with Gasteiger partial charge in [0.05, 0.1) is 17.1 Å². The zero-order valence-electron chi connectivity index (χ0n) is 15.5. The summed E-state index contributed by atoms with van der Waals surface area (Å²) in [5, 5.41) is 8.75. The van der Waals surface area contributed by atoms with Crippen molar-refractivity contribution < 1.29 is 4.79 Å². The number of H-pyrrole nitrogens is 1. The first-order valence-corrected chi connectivity index (χ1v) is 9.09. The van der Waals surface area contributed by atoms with Crippen LogP contribution in [0.3, 0.4) is 0 Å². The summed E-state index contributed by atoms with van der Waals surface area (Å²) >= 11 is 0. The van der Waals surface area contributed by atoms with E-state index in [4.69, 9.17) is 0 Å². The van der Waals surface area contributed by atoms with Crippen LogP contribution in [0.5, 0.6) is 0 Å². The van der Waals surface area contributed by atoms with Gasteiger partial charge in [0.2, 0.25) is 5.91 Å². The second-order valence-electron chi connectivity index (χ2n) is 6.76. The summed E-state index contributed by atoms with van der Waals surface area (Å²) in [5.41, 5.74) is 5.90. The monoisotopic (exact) mass is 358 g/mol. The average molecular weight is 358 g/mol. The Morgan fingerprint density at radius 1 is 1.11 bits per heavy atom. The van der Waals surface area contributed by atoms with Crippen LogP contribution in [0.1, 0.15) is 23.4 Å². The minimum absolute atomic E-state index is 0.00531. The molecule has 2 aromatic heterocycles. The van der Waals surface area contributed by atoms with Crippen LogP contribution in [0, 0.1) is 13.8 Å². The number of carbonyl (C=O) groups is 1. The number of fused-ring (bicyclic) bond motifs is 1. The van der Waals surface area contributed by atoms with Gasteiger partial charge in [-0.3, -0.25) is 4.79 Å². The summed E-state index contributed by atoms with van der Waals surface area (Å²) in [4.78, 5) is 15.8. The minimum Gasteiger partial charge on any atom is -0.361 e. The lowest BCUT2D eigenvalue weighted by molar-refractivity contribution is -0.116. The summed E-state index contributed by atoms with van der Waals surface area (Å²) in [6.07, 6.45) is 3.10. The number of hydrogen-bond acceptors (Lipinski definition) is 2. The Morgan fingerprint density at radius 2 is 1.89 bits per heavy atom. The molecule has 1 amide bonds. The van der Waals surface area contributed by atoms with Gasteiger partial charge in [0.1, 0.15) is 0 Å². The van der Waals surface area contributed by atoms with E-state index in [-0.39, 0.29) is 5.91 Å². The highest BCUT2D eigenvalue weighted by molar-refractivity contribution is 5.93. The van der Waals surface area contributed by atoms with Crippen LogP contribution < -0.4 is 5.32 Å². The molecule has 0 aliphatic heterocycles. The van der Waals surface area contributed by atoms with Gasteiger partial charge >= 0.3 is 0 Å². The highest BCUT2D eigenvalue weighted by Gasteiger charge is 2.12. The second-order valence-corrected chi connectivity index (χ2v) is 6.76. The van der Waals surface area contributed by atoms with Crippen molar-refractivity contribution in [2.24, 2.45) is 0 Å². The fraction of sp³-hybridized carbons (Fsp3) is 0.182. The van der Waals surface area contributed by atoms with E-state index in [0.29, 0.717) is 12.8 Å². The molecule has 0 radical (unpaired) electrons. The van der Waals surface area contributed by atoms with Gasteiger partial charge in [-0.25, -0.2) is 4.68 Å². The molecule has 136 valence electrons. The molecule has 2 N–H and O–H groups in total. The van der Waals surface area contributed by atoms with Crippen LogP contribution in [0.15, 0.2) is 60.8 Å². The van der Waals surface area contributed by atoms with Gasteiger partial charge in [-0.2, -0.15) is 5.10 Å². The number of rotatable bonds is 5. The molecule has 5 nitrogen and oxygen atoms in total.